The van der Waals surface area contributed by atoms with Crippen LogP contribution in [0.2, 0.25) is 0 Å². The van der Waals surface area contributed by atoms with E-state index >= 15 is 4.39 Å². The molecule has 1 aromatic carbocycles. The molecule has 0 aliphatic carbocycles. The van der Waals surface area contributed by atoms with Crippen LogP contribution in [-0.2, 0) is 59.1 Å². The van der Waals surface area contributed by atoms with Crippen molar-refractivity contribution in [2.75, 3.05) is 19.6 Å². The van der Waals surface area contributed by atoms with Gasteiger partial charge in [-0.1, -0.05) is 41.5 Å². The maximum atomic E-state index is 15.0. The Kier molecular flexibility index (Phi) is 17.7. The maximum absolute atomic E-state index is 15.0. The Bertz CT molecular complexity index is 2330. The summed E-state index contributed by atoms with van der Waals surface area (Å²) in [5.41, 5.74) is -0.361. The molecule has 6 amide bonds. The van der Waals surface area contributed by atoms with Gasteiger partial charge < -0.3 is 40.4 Å². The molecule has 1 aromatic heterocycles. The quantitative estimate of drug-likeness (QED) is 0.0975. The summed E-state index contributed by atoms with van der Waals surface area (Å²) < 4.78 is 84.7. The zero-order valence-electron chi connectivity index (χ0n) is 41.2. The van der Waals surface area contributed by atoms with Gasteiger partial charge in [0.1, 0.15) is 47.6 Å². The summed E-state index contributed by atoms with van der Waals surface area (Å²) in [5, 5.41) is 18.3. The molecule has 4 N–H and O–H groups in total. The van der Waals surface area contributed by atoms with Crippen LogP contribution in [0, 0.1) is 41.1 Å². The fourth-order valence-electron chi connectivity index (χ4n) is 10.4. The van der Waals surface area contributed by atoms with Crippen LogP contribution in [0.3, 0.4) is 0 Å². The van der Waals surface area contributed by atoms with Gasteiger partial charge in [-0.15, -0.1) is 10.2 Å². The molecule has 2 aromatic rings. The van der Waals surface area contributed by atoms with E-state index in [0.717, 1.165) is 4.57 Å². The predicted molar refractivity (Wildman–Crippen MR) is 246 cm³/mol. The standard InChI is InChI=1S/C47H65BF6N10O7/c1-23(2)37(56-41(67)33-11-8-15-62(33)44(70)38(24(3)4)57-42(68)34-12-9-16-63(34)45(71)39(58-48)25(5)6)43(69)61-14-7-10-32(61)40(66)55-28(18-27-19-30(50)31(51)22-29(27)49)21-35(65)26-13-17-64-36(20-26)59-60-46(64)47(52,53)54/h19,22-26,28,32-34,37-39,58H,7-18,20-21,48H2,1-6H3,(H,55,66)(H,56,67)(H,57,68). The number of carbonyl (C=O) groups is 7. The molecule has 390 valence electrons. The number of nitrogens with one attached hydrogen (secondary N) is 4. The van der Waals surface area contributed by atoms with Gasteiger partial charge in [0.2, 0.25) is 41.3 Å². The lowest BCUT2D eigenvalue weighted by Crippen LogP contribution is -2.60. The summed E-state index contributed by atoms with van der Waals surface area (Å²) in [6.45, 7) is 11.2. The van der Waals surface area contributed by atoms with E-state index in [1.807, 2.05) is 13.8 Å². The number of fused-ring (bicyclic) bond motifs is 1. The minimum Gasteiger partial charge on any atom is -0.352 e. The number of amides is 6. The van der Waals surface area contributed by atoms with Gasteiger partial charge >= 0.3 is 6.18 Å². The van der Waals surface area contributed by atoms with Crippen LogP contribution in [0.4, 0.5) is 26.3 Å². The molecule has 0 radical (unpaired) electrons. The predicted octanol–water partition coefficient (Wildman–Crippen LogP) is 2.38. The third-order valence-corrected chi connectivity index (χ3v) is 14.2. The van der Waals surface area contributed by atoms with Crippen molar-refractivity contribution in [1.82, 2.24) is 50.6 Å². The van der Waals surface area contributed by atoms with Crippen LogP contribution in [0.1, 0.15) is 110 Å². The molecule has 17 nitrogen and oxygen atoms in total. The second-order valence-electron chi connectivity index (χ2n) is 20.3. The molecule has 0 saturated carbocycles. The number of aromatic nitrogens is 3. The lowest BCUT2D eigenvalue weighted by Gasteiger charge is -2.35. The van der Waals surface area contributed by atoms with Gasteiger partial charge in [-0.3, -0.25) is 33.6 Å². The summed E-state index contributed by atoms with van der Waals surface area (Å²) in [5.74, 6) is -10.7. The van der Waals surface area contributed by atoms with Crippen molar-refractivity contribution in [3.63, 3.8) is 0 Å². The number of nitrogens with zero attached hydrogens (tertiary/aromatic N) is 6. The van der Waals surface area contributed by atoms with Crippen molar-refractivity contribution in [1.29, 1.82) is 0 Å². The third kappa shape index (κ3) is 12.4. The second kappa shape index (κ2) is 22.9. The van der Waals surface area contributed by atoms with E-state index in [1.165, 1.54) is 9.80 Å². The van der Waals surface area contributed by atoms with Crippen LogP contribution in [0.25, 0.3) is 0 Å². The molecule has 71 heavy (non-hydrogen) atoms. The van der Waals surface area contributed by atoms with Crippen molar-refractivity contribution < 1.29 is 59.9 Å². The summed E-state index contributed by atoms with van der Waals surface area (Å²) in [6.07, 6.45) is -3.68. The van der Waals surface area contributed by atoms with E-state index in [9.17, 15) is 55.5 Å². The molecular weight excluding hydrogens is 941 g/mol. The van der Waals surface area contributed by atoms with Crippen LogP contribution < -0.4 is 21.2 Å². The highest BCUT2D eigenvalue weighted by Crippen LogP contribution is 2.33. The fraction of sp³-hybridized carbons (Fsp3) is 0.681. The van der Waals surface area contributed by atoms with Crippen molar-refractivity contribution in [3.8, 4) is 0 Å². The maximum Gasteiger partial charge on any atom is 0.451 e. The van der Waals surface area contributed by atoms with Crippen LogP contribution in [0.15, 0.2) is 12.1 Å². The number of benzene rings is 1. The number of hydrogen-bond acceptors (Lipinski definition) is 10. The van der Waals surface area contributed by atoms with Gasteiger partial charge in [0, 0.05) is 57.0 Å². The first-order valence-corrected chi connectivity index (χ1v) is 24.6. The zero-order chi connectivity index (χ0) is 52.2. The van der Waals surface area contributed by atoms with Crippen LogP contribution >= 0.6 is 0 Å². The molecule has 0 spiro atoms. The average Bonchev–Trinajstić information content (AvgIpc) is 4.15. The number of hydrogen-bond donors (Lipinski definition) is 4. The molecule has 8 atom stereocenters. The highest BCUT2D eigenvalue weighted by atomic mass is 19.4. The fourth-order valence-corrected chi connectivity index (χ4v) is 10.4. The van der Waals surface area contributed by atoms with E-state index in [4.69, 9.17) is 0 Å². The number of halogens is 6. The molecule has 3 saturated heterocycles. The Morgan fingerprint density at radius 1 is 0.634 bits per heavy atom. The van der Waals surface area contributed by atoms with Gasteiger partial charge in [0.15, 0.2) is 19.6 Å². The first kappa shape index (κ1) is 54.8. The molecule has 8 unspecified atom stereocenters. The zero-order valence-corrected chi connectivity index (χ0v) is 41.2. The molecule has 5 heterocycles. The second-order valence-corrected chi connectivity index (χ2v) is 20.3. The topological polar surface area (TPSA) is 208 Å². The Morgan fingerprint density at radius 2 is 1.08 bits per heavy atom. The summed E-state index contributed by atoms with van der Waals surface area (Å²) in [7, 11) is 1.69. The number of Topliss-reactive ketones (excluding diaryl/α,β-unsaturated/α-hetero) is 1. The van der Waals surface area contributed by atoms with Gasteiger partial charge in [-0.25, -0.2) is 13.2 Å². The largest absolute Gasteiger partial charge is 0.451 e. The van der Waals surface area contributed by atoms with Crippen LogP contribution in [0.5, 0.6) is 0 Å². The van der Waals surface area contributed by atoms with E-state index in [2.05, 4.69) is 31.4 Å². The van der Waals surface area contributed by atoms with Gasteiger partial charge in [0.25, 0.3) is 0 Å². The molecule has 4 aliphatic heterocycles. The smallest absolute Gasteiger partial charge is 0.352 e. The Morgan fingerprint density at radius 3 is 1.54 bits per heavy atom. The minimum atomic E-state index is -4.77. The molecular formula is C47H65BF6N10O7. The van der Waals surface area contributed by atoms with Crippen molar-refractivity contribution in [2.24, 2.45) is 23.7 Å². The Hall–Kier alpha value is -5.55. The van der Waals surface area contributed by atoms with Crippen molar-refractivity contribution in [2.45, 2.75) is 161 Å². The molecule has 24 heteroatoms. The Labute approximate surface area is 409 Å². The van der Waals surface area contributed by atoms with E-state index in [0.29, 0.717) is 44.4 Å². The average molecular weight is 1010 g/mol. The molecule has 0 bridgehead atoms. The number of ketones is 1. The highest BCUT2D eigenvalue weighted by molar-refractivity contribution is 6.07. The summed E-state index contributed by atoms with van der Waals surface area (Å²) >= 11 is 0. The van der Waals surface area contributed by atoms with Gasteiger partial charge in [0.05, 0.1) is 6.04 Å². The minimum absolute atomic E-state index is 0.0269. The van der Waals surface area contributed by atoms with Crippen LogP contribution in [-0.4, -0.2) is 141 Å². The number of alkyl halides is 3. The lowest BCUT2D eigenvalue weighted by molar-refractivity contribution is -0.148. The number of rotatable bonds is 18. The first-order chi connectivity index (χ1) is 33.4. The summed E-state index contributed by atoms with van der Waals surface area (Å²) in [4.78, 5) is 102. The number of likely N-dealkylation sites (tertiary alicyclic amines) is 3. The highest BCUT2D eigenvalue weighted by Gasteiger charge is 2.46. The normalized spacial score (nSPS) is 22.1. The van der Waals surface area contributed by atoms with Gasteiger partial charge in [-0.05, 0) is 80.8 Å². The molecule has 4 aliphatic rings. The third-order valence-electron chi connectivity index (χ3n) is 14.2. The Balaban J connectivity index is 1.13. The van der Waals surface area contributed by atoms with Gasteiger partial charge in [-0.2, -0.15) is 13.2 Å². The van der Waals surface area contributed by atoms with E-state index < -0.39 is 138 Å². The van der Waals surface area contributed by atoms with Crippen molar-refractivity contribution >= 4 is 49.2 Å². The first-order valence-electron chi connectivity index (χ1n) is 24.6. The SMILES string of the molecule is BNC(C(=O)N1CCCC1C(=O)NC(C(=O)N1CCCC1C(=O)NC(C(=O)N1CCCC1C(=O)NC(CC(=O)C1CCn2c(nnc2C(F)(F)F)C1)Cc1cc(F)c(F)cc1F)C(C)C)C(C)C)C(C)C. The van der Waals surface area contributed by atoms with Crippen molar-refractivity contribution in [3.05, 3.63) is 46.8 Å². The lowest BCUT2D eigenvalue weighted by atomic mass is 9.88. The summed E-state index contributed by atoms with van der Waals surface area (Å²) in [6, 6.07) is -5.91. The van der Waals surface area contributed by atoms with E-state index in [-0.39, 0.29) is 68.5 Å². The molecule has 6 rings (SSSR count). The van der Waals surface area contributed by atoms with E-state index in [1.54, 1.807) is 40.6 Å². The number of carbonyl (C=O) groups excluding carboxylic acids is 7. The molecule has 3 fully saturated rings. The monoisotopic (exact) mass is 1010 g/mol.